The number of aromatic nitrogens is 6. The van der Waals surface area contributed by atoms with Crippen molar-refractivity contribution >= 4 is 22.7 Å². The fraction of sp³-hybridized carbons (Fsp3) is 0.360. The summed E-state index contributed by atoms with van der Waals surface area (Å²) in [7, 11) is 6.58. The second-order valence-electron chi connectivity index (χ2n) is 8.53. The molecule has 0 saturated heterocycles. The van der Waals surface area contributed by atoms with Crippen molar-refractivity contribution in [2.45, 2.75) is 33.5 Å². The number of benzene rings is 1. The van der Waals surface area contributed by atoms with Gasteiger partial charge in [0.15, 0.2) is 5.82 Å². The quantitative estimate of drug-likeness (QED) is 0.402. The molecule has 0 unspecified atom stereocenters. The Morgan fingerprint density at radius 2 is 1.97 bits per heavy atom. The molecular weight excluding hydrogens is 460 g/mol. The molecule has 11 heteroatoms. The van der Waals surface area contributed by atoms with Crippen LogP contribution in [0.5, 0.6) is 0 Å². The van der Waals surface area contributed by atoms with Gasteiger partial charge >= 0.3 is 0 Å². The molecule has 1 N–H and O–H groups in total. The minimum atomic E-state index is -0.278. The van der Waals surface area contributed by atoms with Crippen molar-refractivity contribution in [3.05, 3.63) is 58.7 Å². The average molecular weight is 491 g/mol. The zero-order valence-corrected chi connectivity index (χ0v) is 21.4. The van der Waals surface area contributed by atoms with Crippen LogP contribution >= 0.6 is 0 Å². The minimum Gasteiger partial charge on any atom is -0.380 e. The maximum atomic E-state index is 13.7. The third-order valence-corrected chi connectivity index (χ3v) is 6.10. The standard InChI is InChI=1S/C25H30N8O3/c1-7-33-15(2)17(12-27-33)13-31(4)25(35)22-18-10-16(14-36-6)8-9-19(18)28-23(29-22)20-11-21(24(34)26-3)32(5)30-20/h8-12H,7,13-14H2,1-6H3,(H,26,34). The van der Waals surface area contributed by atoms with Crippen LogP contribution in [0.15, 0.2) is 30.5 Å². The monoisotopic (exact) mass is 490 g/mol. The van der Waals surface area contributed by atoms with E-state index in [0.29, 0.717) is 35.4 Å². The second kappa shape index (κ2) is 10.2. The van der Waals surface area contributed by atoms with Gasteiger partial charge in [0.1, 0.15) is 17.1 Å². The molecule has 3 heterocycles. The van der Waals surface area contributed by atoms with E-state index in [2.05, 4.69) is 25.5 Å². The van der Waals surface area contributed by atoms with E-state index in [1.807, 2.05) is 36.7 Å². The van der Waals surface area contributed by atoms with E-state index in [-0.39, 0.29) is 23.3 Å². The first kappa shape index (κ1) is 25.0. The highest BCUT2D eigenvalue weighted by atomic mass is 16.5. The highest BCUT2D eigenvalue weighted by Gasteiger charge is 2.23. The lowest BCUT2D eigenvalue weighted by Crippen LogP contribution is -2.28. The van der Waals surface area contributed by atoms with Crippen LogP contribution in [0.4, 0.5) is 0 Å². The molecule has 11 nitrogen and oxygen atoms in total. The van der Waals surface area contributed by atoms with E-state index in [1.165, 1.54) is 4.68 Å². The van der Waals surface area contributed by atoms with Crippen molar-refractivity contribution in [2.24, 2.45) is 7.05 Å². The number of aryl methyl sites for hydroxylation is 2. The summed E-state index contributed by atoms with van der Waals surface area (Å²) in [5, 5.41) is 12.0. The molecule has 2 amide bonds. The number of fused-ring (bicyclic) bond motifs is 1. The Labute approximate surface area is 209 Å². The second-order valence-corrected chi connectivity index (χ2v) is 8.53. The molecule has 0 aliphatic heterocycles. The van der Waals surface area contributed by atoms with E-state index in [4.69, 9.17) is 4.74 Å². The Kier molecular flexibility index (Phi) is 7.11. The number of carbonyl (C=O) groups excluding carboxylic acids is 2. The molecule has 0 bridgehead atoms. The summed E-state index contributed by atoms with van der Waals surface area (Å²) < 4.78 is 8.64. The molecule has 0 aliphatic rings. The molecule has 0 aliphatic carbocycles. The minimum absolute atomic E-state index is 0.253. The summed E-state index contributed by atoms with van der Waals surface area (Å²) in [5.41, 5.74) is 4.49. The van der Waals surface area contributed by atoms with Crippen LogP contribution in [-0.2, 0) is 31.5 Å². The third kappa shape index (κ3) is 4.69. The lowest BCUT2D eigenvalue weighted by molar-refractivity contribution is 0.0781. The van der Waals surface area contributed by atoms with Gasteiger partial charge in [0.25, 0.3) is 11.8 Å². The van der Waals surface area contributed by atoms with Crippen molar-refractivity contribution < 1.29 is 14.3 Å². The highest BCUT2D eigenvalue weighted by molar-refractivity contribution is 6.05. The Bertz CT molecular complexity index is 1440. The van der Waals surface area contributed by atoms with Gasteiger partial charge in [0.2, 0.25) is 0 Å². The summed E-state index contributed by atoms with van der Waals surface area (Å²) in [4.78, 5) is 36.8. The van der Waals surface area contributed by atoms with Crippen LogP contribution < -0.4 is 5.32 Å². The molecule has 3 aromatic heterocycles. The van der Waals surface area contributed by atoms with Crippen molar-refractivity contribution in [1.29, 1.82) is 0 Å². The molecule has 188 valence electrons. The zero-order valence-electron chi connectivity index (χ0n) is 21.4. The third-order valence-electron chi connectivity index (χ3n) is 6.10. The zero-order chi connectivity index (χ0) is 26.0. The van der Waals surface area contributed by atoms with Gasteiger partial charge < -0.3 is 15.0 Å². The summed E-state index contributed by atoms with van der Waals surface area (Å²) in [6, 6.07) is 7.22. The summed E-state index contributed by atoms with van der Waals surface area (Å²) in [5.74, 6) is -0.274. The number of nitrogens with zero attached hydrogens (tertiary/aromatic N) is 7. The lowest BCUT2D eigenvalue weighted by atomic mass is 10.1. The summed E-state index contributed by atoms with van der Waals surface area (Å²) in [6.07, 6.45) is 1.79. The van der Waals surface area contributed by atoms with E-state index in [1.54, 1.807) is 45.4 Å². The number of rotatable bonds is 8. The molecule has 1 aromatic carbocycles. The topological polar surface area (TPSA) is 120 Å². The number of methoxy groups -OCH3 is 1. The molecule has 4 rings (SSSR count). The van der Waals surface area contributed by atoms with Crippen LogP contribution in [0.1, 0.15) is 44.7 Å². The SMILES string of the molecule is CCn1ncc(CN(C)C(=O)c2nc(-c3cc(C(=O)NC)n(C)n3)nc3ccc(COC)cc23)c1C. The Morgan fingerprint density at radius 1 is 1.19 bits per heavy atom. The molecule has 0 spiro atoms. The lowest BCUT2D eigenvalue weighted by Gasteiger charge is -2.18. The normalized spacial score (nSPS) is 11.2. The first-order valence-electron chi connectivity index (χ1n) is 11.6. The van der Waals surface area contributed by atoms with Crippen LogP contribution in [0.2, 0.25) is 0 Å². The predicted octanol–water partition coefficient (Wildman–Crippen LogP) is 2.33. The first-order valence-corrected chi connectivity index (χ1v) is 11.6. The molecule has 0 atom stereocenters. The van der Waals surface area contributed by atoms with Crippen LogP contribution in [0.25, 0.3) is 22.4 Å². The van der Waals surface area contributed by atoms with Crippen molar-refractivity contribution in [3.8, 4) is 11.5 Å². The van der Waals surface area contributed by atoms with Crippen LogP contribution in [-0.4, -0.2) is 67.4 Å². The van der Waals surface area contributed by atoms with Gasteiger partial charge in [-0.15, -0.1) is 0 Å². The van der Waals surface area contributed by atoms with E-state index < -0.39 is 0 Å². The predicted molar refractivity (Wildman–Crippen MR) is 134 cm³/mol. The van der Waals surface area contributed by atoms with Crippen LogP contribution in [0, 0.1) is 6.92 Å². The maximum absolute atomic E-state index is 13.7. The van der Waals surface area contributed by atoms with Crippen molar-refractivity contribution in [2.75, 3.05) is 21.2 Å². The summed E-state index contributed by atoms with van der Waals surface area (Å²) in [6.45, 7) is 5.55. The van der Waals surface area contributed by atoms with Gasteiger partial charge in [-0.2, -0.15) is 10.2 Å². The first-order chi connectivity index (χ1) is 17.3. The van der Waals surface area contributed by atoms with Crippen molar-refractivity contribution in [1.82, 2.24) is 39.7 Å². The van der Waals surface area contributed by atoms with E-state index in [0.717, 1.165) is 23.4 Å². The molecular formula is C25H30N8O3. The summed E-state index contributed by atoms with van der Waals surface area (Å²) >= 11 is 0. The number of hydrogen-bond acceptors (Lipinski definition) is 7. The fourth-order valence-corrected chi connectivity index (χ4v) is 4.09. The van der Waals surface area contributed by atoms with Gasteiger partial charge in [0, 0.05) is 64.1 Å². The number of hydrogen-bond donors (Lipinski definition) is 1. The van der Waals surface area contributed by atoms with Gasteiger partial charge in [-0.1, -0.05) is 6.07 Å². The largest absolute Gasteiger partial charge is 0.380 e. The number of carbonyl (C=O) groups is 2. The van der Waals surface area contributed by atoms with Gasteiger partial charge in [-0.25, -0.2) is 9.97 Å². The van der Waals surface area contributed by atoms with E-state index >= 15 is 0 Å². The van der Waals surface area contributed by atoms with Crippen LogP contribution in [0.3, 0.4) is 0 Å². The Hall–Kier alpha value is -4.12. The van der Waals surface area contributed by atoms with Gasteiger partial charge in [-0.3, -0.25) is 19.0 Å². The molecule has 4 aromatic rings. The van der Waals surface area contributed by atoms with Gasteiger partial charge in [0.05, 0.1) is 18.3 Å². The maximum Gasteiger partial charge on any atom is 0.273 e. The Balaban J connectivity index is 1.80. The number of nitrogens with one attached hydrogen (secondary N) is 1. The van der Waals surface area contributed by atoms with E-state index in [9.17, 15) is 9.59 Å². The highest BCUT2D eigenvalue weighted by Crippen LogP contribution is 2.25. The number of ether oxygens (including phenoxy) is 1. The molecule has 0 saturated carbocycles. The molecule has 0 radical (unpaired) electrons. The van der Waals surface area contributed by atoms with Crippen molar-refractivity contribution in [3.63, 3.8) is 0 Å². The Morgan fingerprint density at radius 3 is 2.64 bits per heavy atom. The van der Waals surface area contributed by atoms with Gasteiger partial charge in [-0.05, 0) is 31.5 Å². The fourth-order valence-electron chi connectivity index (χ4n) is 4.09. The molecule has 36 heavy (non-hydrogen) atoms. The number of amides is 2. The average Bonchev–Trinajstić information content (AvgIpc) is 3.44. The molecule has 0 fully saturated rings. The smallest absolute Gasteiger partial charge is 0.273 e.